The van der Waals surface area contributed by atoms with Crippen molar-refractivity contribution in [2.24, 2.45) is 0 Å². The molecule has 9 heteroatoms. The summed E-state index contributed by atoms with van der Waals surface area (Å²) in [4.78, 5) is 6.20. The molecule has 1 aliphatic rings. The number of ether oxygens (including phenoxy) is 1. The third-order valence-corrected chi connectivity index (χ3v) is 4.45. The van der Waals surface area contributed by atoms with Gasteiger partial charge in [-0.25, -0.2) is 9.67 Å². The van der Waals surface area contributed by atoms with E-state index in [1.807, 2.05) is 31.3 Å². The Balaban J connectivity index is 1.63. The minimum absolute atomic E-state index is 0.0279. The fourth-order valence-corrected chi connectivity index (χ4v) is 3.01. The highest BCUT2D eigenvalue weighted by Gasteiger charge is 2.29. The van der Waals surface area contributed by atoms with Gasteiger partial charge in [-0.1, -0.05) is 0 Å². The molecule has 0 fully saturated rings. The van der Waals surface area contributed by atoms with Crippen molar-refractivity contribution in [3.63, 3.8) is 0 Å². The van der Waals surface area contributed by atoms with Gasteiger partial charge in [-0.15, -0.1) is 5.10 Å². The average molecular weight is 360 g/mol. The van der Waals surface area contributed by atoms with Crippen LogP contribution >= 0.6 is 0 Å². The molecule has 0 bridgehead atoms. The highest BCUT2D eigenvalue weighted by molar-refractivity contribution is 5.00. The lowest BCUT2D eigenvalue weighted by Gasteiger charge is -2.28. The Morgan fingerprint density at radius 3 is 3.04 bits per heavy atom. The highest BCUT2D eigenvalue weighted by atomic mass is 16.5. The van der Waals surface area contributed by atoms with E-state index in [0.29, 0.717) is 0 Å². The summed E-state index contributed by atoms with van der Waals surface area (Å²) >= 11 is 0. The van der Waals surface area contributed by atoms with Gasteiger partial charge in [0.25, 0.3) is 0 Å². The van der Waals surface area contributed by atoms with Gasteiger partial charge >= 0.3 is 0 Å². The van der Waals surface area contributed by atoms with Gasteiger partial charge in [0.15, 0.2) is 5.82 Å². The van der Waals surface area contributed by atoms with Crippen molar-refractivity contribution in [2.45, 2.75) is 44.5 Å². The molecule has 2 aromatic rings. The van der Waals surface area contributed by atoms with E-state index in [1.54, 1.807) is 12.5 Å². The van der Waals surface area contributed by atoms with E-state index in [9.17, 15) is 0 Å². The second kappa shape index (κ2) is 9.44. The van der Waals surface area contributed by atoms with Crippen LogP contribution in [0.1, 0.15) is 31.1 Å². The molecular weight excluding hydrogens is 332 g/mol. The number of rotatable bonds is 10. The Morgan fingerprint density at radius 2 is 2.31 bits per heavy atom. The van der Waals surface area contributed by atoms with Crippen molar-refractivity contribution in [1.82, 2.24) is 40.0 Å². The lowest BCUT2D eigenvalue weighted by Crippen LogP contribution is -2.37. The van der Waals surface area contributed by atoms with Crippen molar-refractivity contribution >= 4 is 0 Å². The Bertz CT molecular complexity index is 666. The van der Waals surface area contributed by atoms with Crippen LogP contribution in [0.2, 0.25) is 0 Å². The van der Waals surface area contributed by atoms with Crippen LogP contribution in [0.15, 0.2) is 31.1 Å². The highest BCUT2D eigenvalue weighted by Crippen LogP contribution is 2.24. The number of hydrogen-bond acceptors (Lipinski definition) is 7. The Morgan fingerprint density at radius 1 is 1.38 bits per heavy atom. The molecule has 0 aromatic carbocycles. The first-order chi connectivity index (χ1) is 12.7. The summed E-state index contributed by atoms with van der Waals surface area (Å²) in [6.45, 7) is 3.42. The van der Waals surface area contributed by atoms with Crippen LogP contribution in [0.25, 0.3) is 0 Å². The van der Waals surface area contributed by atoms with E-state index in [2.05, 4.69) is 41.4 Å². The van der Waals surface area contributed by atoms with Gasteiger partial charge in [-0.2, -0.15) is 0 Å². The zero-order chi connectivity index (χ0) is 18.2. The minimum atomic E-state index is -0.0279. The van der Waals surface area contributed by atoms with Crippen LogP contribution in [0, 0.1) is 0 Å². The molecule has 1 unspecified atom stereocenters. The van der Waals surface area contributed by atoms with Crippen LogP contribution in [0.5, 0.6) is 0 Å². The number of hydrogen-bond donors (Lipinski definition) is 1. The zero-order valence-corrected chi connectivity index (χ0v) is 15.5. The second-order valence-corrected chi connectivity index (χ2v) is 6.77. The molecule has 0 radical (unpaired) electrons. The summed E-state index contributed by atoms with van der Waals surface area (Å²) in [7, 11) is 4.09. The molecule has 0 spiro atoms. The molecular formula is C17H28N8O. The predicted molar refractivity (Wildman–Crippen MR) is 97.2 cm³/mol. The van der Waals surface area contributed by atoms with Gasteiger partial charge in [-0.3, -0.25) is 0 Å². The number of likely N-dealkylation sites (N-methyl/N-ethyl adjacent to an activating group) is 1. The topological polar surface area (TPSA) is 85.9 Å². The van der Waals surface area contributed by atoms with Gasteiger partial charge in [-0.05, 0) is 56.4 Å². The zero-order valence-electron chi connectivity index (χ0n) is 15.5. The molecule has 3 heterocycles. The maximum Gasteiger partial charge on any atom is 0.172 e. The Labute approximate surface area is 154 Å². The number of nitrogens with zero attached hydrogens (tertiary/aromatic N) is 7. The smallest absolute Gasteiger partial charge is 0.172 e. The van der Waals surface area contributed by atoms with Crippen molar-refractivity contribution in [3.8, 4) is 0 Å². The predicted octanol–water partition coefficient (Wildman–Crippen LogP) is 0.845. The second-order valence-electron chi connectivity index (χ2n) is 6.77. The van der Waals surface area contributed by atoms with Crippen LogP contribution in [0.3, 0.4) is 0 Å². The van der Waals surface area contributed by atoms with Crippen molar-refractivity contribution in [2.75, 3.05) is 27.2 Å². The SMILES string of the molecule is CN(C)CCn1nnnc1C(NCCCn1ccnc1)[C@@H]1CCC=CO1. The molecule has 2 aromatic heterocycles. The largest absolute Gasteiger partial charge is 0.496 e. The van der Waals surface area contributed by atoms with E-state index in [1.165, 1.54) is 0 Å². The van der Waals surface area contributed by atoms with E-state index >= 15 is 0 Å². The summed E-state index contributed by atoms with van der Waals surface area (Å²) in [5, 5.41) is 16.0. The van der Waals surface area contributed by atoms with Gasteiger partial charge < -0.3 is 19.5 Å². The number of aromatic nitrogens is 6. The average Bonchev–Trinajstić information content (AvgIpc) is 3.32. The van der Waals surface area contributed by atoms with Gasteiger partial charge in [0.1, 0.15) is 12.1 Å². The van der Waals surface area contributed by atoms with Gasteiger partial charge in [0.2, 0.25) is 0 Å². The van der Waals surface area contributed by atoms with Gasteiger partial charge in [0.05, 0.1) is 19.1 Å². The van der Waals surface area contributed by atoms with Crippen molar-refractivity contribution in [3.05, 3.63) is 36.9 Å². The third kappa shape index (κ3) is 5.12. The quantitative estimate of drug-likeness (QED) is 0.629. The normalized spacial score (nSPS) is 18.2. The minimum Gasteiger partial charge on any atom is -0.496 e. The molecule has 3 rings (SSSR count). The monoisotopic (exact) mass is 360 g/mol. The van der Waals surface area contributed by atoms with Crippen LogP contribution in [-0.2, 0) is 17.8 Å². The number of imidazole rings is 1. The third-order valence-electron chi connectivity index (χ3n) is 4.45. The molecule has 0 saturated heterocycles. The summed E-state index contributed by atoms with van der Waals surface area (Å²) in [5.41, 5.74) is 0. The first-order valence-corrected chi connectivity index (χ1v) is 9.14. The lowest BCUT2D eigenvalue weighted by atomic mass is 10.0. The van der Waals surface area contributed by atoms with E-state index < -0.39 is 0 Å². The maximum atomic E-state index is 5.87. The molecule has 2 atom stereocenters. The number of aryl methyl sites for hydroxylation is 1. The molecule has 0 amide bonds. The Kier molecular flexibility index (Phi) is 6.73. The number of nitrogens with one attached hydrogen (secondary N) is 1. The van der Waals surface area contributed by atoms with E-state index in [-0.39, 0.29) is 12.1 Å². The summed E-state index contributed by atoms with van der Waals surface area (Å²) in [6.07, 6.45) is 12.5. The summed E-state index contributed by atoms with van der Waals surface area (Å²) in [6, 6.07) is -0.0279. The summed E-state index contributed by atoms with van der Waals surface area (Å²) < 4.78 is 9.84. The first-order valence-electron chi connectivity index (χ1n) is 9.14. The number of tetrazole rings is 1. The molecule has 26 heavy (non-hydrogen) atoms. The fourth-order valence-electron chi connectivity index (χ4n) is 3.01. The molecule has 1 N–H and O–H groups in total. The van der Waals surface area contributed by atoms with Crippen LogP contribution in [-0.4, -0.2) is 67.9 Å². The van der Waals surface area contributed by atoms with Crippen molar-refractivity contribution < 1.29 is 4.74 Å². The van der Waals surface area contributed by atoms with Crippen LogP contribution < -0.4 is 5.32 Å². The molecule has 1 aliphatic heterocycles. The molecule has 0 saturated carbocycles. The molecule has 142 valence electrons. The van der Waals surface area contributed by atoms with Crippen molar-refractivity contribution in [1.29, 1.82) is 0 Å². The maximum absolute atomic E-state index is 5.87. The summed E-state index contributed by atoms with van der Waals surface area (Å²) in [5.74, 6) is 0.842. The Hall–Kier alpha value is -2.26. The fraction of sp³-hybridized carbons (Fsp3) is 0.647. The van der Waals surface area contributed by atoms with E-state index in [4.69, 9.17) is 4.74 Å². The van der Waals surface area contributed by atoms with Gasteiger partial charge in [0, 0.05) is 25.5 Å². The molecule has 0 aliphatic carbocycles. The lowest BCUT2D eigenvalue weighted by molar-refractivity contribution is 0.0801. The standard InChI is InChI=1S/C17H28N8O/c1-23(2)11-12-25-17(20-21-22-25)16(15-6-3-4-13-26-15)19-7-5-9-24-10-8-18-14-24/h4,8,10,13-16,19H,3,5-7,9,11-12H2,1-2H3/t15-,16?/m0/s1. The van der Waals surface area contributed by atoms with E-state index in [0.717, 1.165) is 51.3 Å². The molecule has 9 nitrogen and oxygen atoms in total. The number of allylic oxidation sites excluding steroid dienone is 1. The van der Waals surface area contributed by atoms with Crippen LogP contribution in [0.4, 0.5) is 0 Å². The first kappa shape index (κ1) is 18.5.